The summed E-state index contributed by atoms with van der Waals surface area (Å²) < 4.78 is 14.0. The Labute approximate surface area is 167 Å². The number of imide groups is 1. The van der Waals surface area contributed by atoms with E-state index < -0.39 is 35.6 Å². The first-order valence-electron chi connectivity index (χ1n) is 8.30. The van der Waals surface area contributed by atoms with Crippen LogP contribution in [0.2, 0.25) is 0 Å². The van der Waals surface area contributed by atoms with Gasteiger partial charge >= 0.3 is 0 Å². The van der Waals surface area contributed by atoms with Gasteiger partial charge in [0.2, 0.25) is 5.91 Å². The summed E-state index contributed by atoms with van der Waals surface area (Å²) in [5.74, 6) is -1.99. The highest BCUT2D eigenvalue weighted by atomic mass is 79.9. The van der Waals surface area contributed by atoms with E-state index in [1.165, 1.54) is 17.1 Å². The first kappa shape index (κ1) is 18.2. The fourth-order valence-corrected chi connectivity index (χ4v) is 3.34. The van der Waals surface area contributed by atoms with Crippen molar-refractivity contribution in [1.82, 2.24) is 5.01 Å². The highest BCUT2D eigenvalue weighted by Crippen LogP contribution is 2.31. The third-order valence-electron chi connectivity index (χ3n) is 4.38. The van der Waals surface area contributed by atoms with Crippen molar-refractivity contribution in [3.63, 3.8) is 0 Å². The van der Waals surface area contributed by atoms with Gasteiger partial charge in [0.25, 0.3) is 11.8 Å². The highest BCUT2D eigenvalue weighted by Gasteiger charge is 2.55. The Morgan fingerprint density at radius 2 is 1.75 bits per heavy atom. The second kappa shape index (κ2) is 7.12. The molecule has 2 aliphatic rings. The maximum Gasteiger partial charge on any atom is 0.263 e. The van der Waals surface area contributed by atoms with Crippen LogP contribution in [0.4, 0.5) is 15.8 Å². The Hall–Kier alpha value is -3.14. The first-order valence-corrected chi connectivity index (χ1v) is 9.09. The quantitative estimate of drug-likeness (QED) is 0.731. The van der Waals surface area contributed by atoms with E-state index in [9.17, 15) is 18.8 Å². The van der Waals surface area contributed by atoms with Crippen LogP contribution in [-0.4, -0.2) is 41.4 Å². The molecule has 142 valence electrons. The number of rotatable bonds is 4. The molecule has 0 bridgehead atoms. The molecule has 0 radical (unpaired) electrons. The van der Waals surface area contributed by atoms with Gasteiger partial charge in [0, 0.05) is 10.2 Å². The molecule has 1 fully saturated rings. The molecule has 10 heteroatoms. The van der Waals surface area contributed by atoms with Crippen LogP contribution < -0.4 is 10.2 Å². The Morgan fingerprint density at radius 3 is 2.43 bits per heavy atom. The maximum atomic E-state index is 13.1. The van der Waals surface area contributed by atoms with Gasteiger partial charge in [-0.1, -0.05) is 21.2 Å². The van der Waals surface area contributed by atoms with Crippen LogP contribution in [-0.2, 0) is 14.4 Å². The van der Waals surface area contributed by atoms with Crippen molar-refractivity contribution >= 4 is 45.0 Å². The molecule has 0 saturated carbocycles. The standard InChI is InChI=1S/C18H13BrFN5O3/c19-10-1-5-12(6-2-10)21-14(26)9-24-16-15(22-23-24)17(27)25(18(16)28)13-7-3-11(20)4-8-13/h1-8,15-16H,9H2,(H,21,26)/t15-,16+/m0/s1. The lowest BCUT2D eigenvalue weighted by molar-refractivity contribution is -0.123. The average molecular weight is 446 g/mol. The van der Waals surface area contributed by atoms with Crippen molar-refractivity contribution in [2.24, 2.45) is 10.3 Å². The molecule has 2 aromatic carbocycles. The van der Waals surface area contributed by atoms with Crippen LogP contribution in [0.15, 0.2) is 63.3 Å². The number of fused-ring (bicyclic) bond motifs is 1. The molecule has 2 aromatic rings. The number of halogens is 2. The first-order chi connectivity index (χ1) is 13.4. The molecule has 28 heavy (non-hydrogen) atoms. The van der Waals surface area contributed by atoms with Gasteiger partial charge in [-0.15, -0.1) is 0 Å². The number of hydrogen-bond acceptors (Lipinski definition) is 6. The van der Waals surface area contributed by atoms with Crippen molar-refractivity contribution in [2.45, 2.75) is 12.1 Å². The highest BCUT2D eigenvalue weighted by molar-refractivity contribution is 9.10. The van der Waals surface area contributed by atoms with Crippen molar-refractivity contribution in [2.75, 3.05) is 16.8 Å². The van der Waals surface area contributed by atoms with E-state index >= 15 is 0 Å². The van der Waals surface area contributed by atoms with Gasteiger partial charge in [-0.2, -0.15) is 5.11 Å². The molecule has 0 aliphatic carbocycles. The second-order valence-electron chi connectivity index (χ2n) is 6.24. The zero-order valence-corrected chi connectivity index (χ0v) is 15.8. The average Bonchev–Trinajstić information content (AvgIpc) is 3.18. The molecule has 1 N–H and O–H groups in total. The molecule has 8 nitrogen and oxygen atoms in total. The molecule has 4 rings (SSSR count). The van der Waals surface area contributed by atoms with E-state index in [-0.39, 0.29) is 12.2 Å². The Morgan fingerprint density at radius 1 is 1.07 bits per heavy atom. The number of carbonyl (C=O) groups is 3. The number of hydrogen-bond donors (Lipinski definition) is 1. The number of nitrogens with zero attached hydrogens (tertiary/aromatic N) is 4. The summed E-state index contributed by atoms with van der Waals surface area (Å²) in [7, 11) is 0. The molecule has 0 spiro atoms. The van der Waals surface area contributed by atoms with Crippen LogP contribution in [0.1, 0.15) is 0 Å². The van der Waals surface area contributed by atoms with E-state index in [2.05, 4.69) is 31.6 Å². The molecule has 0 aromatic heterocycles. The Bertz CT molecular complexity index is 980. The van der Waals surface area contributed by atoms with E-state index in [0.717, 1.165) is 21.5 Å². The minimum Gasteiger partial charge on any atom is -0.324 e. The largest absolute Gasteiger partial charge is 0.324 e. The van der Waals surface area contributed by atoms with Crippen LogP contribution in [0.25, 0.3) is 0 Å². The number of nitrogens with one attached hydrogen (secondary N) is 1. The molecule has 2 heterocycles. The Balaban J connectivity index is 1.48. The third-order valence-corrected chi connectivity index (χ3v) is 4.90. The van der Waals surface area contributed by atoms with Gasteiger partial charge in [0.15, 0.2) is 12.1 Å². The molecule has 0 unspecified atom stereocenters. The number of carbonyl (C=O) groups excluding carboxylic acids is 3. The van der Waals surface area contributed by atoms with E-state index in [1.54, 1.807) is 24.3 Å². The van der Waals surface area contributed by atoms with Gasteiger partial charge in [-0.05, 0) is 48.5 Å². The third kappa shape index (κ3) is 3.26. The summed E-state index contributed by atoms with van der Waals surface area (Å²) >= 11 is 3.31. The smallest absolute Gasteiger partial charge is 0.263 e. The normalized spacial score (nSPS) is 20.6. The summed E-state index contributed by atoms with van der Waals surface area (Å²) in [6.07, 6.45) is 0. The topological polar surface area (TPSA) is 94.4 Å². The van der Waals surface area contributed by atoms with Crippen LogP contribution in [0, 0.1) is 5.82 Å². The molecule has 3 amide bonds. The predicted octanol–water partition coefficient (Wildman–Crippen LogP) is 2.52. The molecular formula is C18H13BrFN5O3. The fourth-order valence-electron chi connectivity index (χ4n) is 3.08. The summed E-state index contributed by atoms with van der Waals surface area (Å²) in [4.78, 5) is 38.6. The van der Waals surface area contributed by atoms with Gasteiger partial charge in [0.1, 0.15) is 12.4 Å². The summed E-state index contributed by atoms with van der Waals surface area (Å²) in [6, 6.07) is 9.99. The van der Waals surface area contributed by atoms with Crippen LogP contribution in [0.5, 0.6) is 0 Å². The maximum absolute atomic E-state index is 13.1. The fraction of sp³-hybridized carbons (Fsp3) is 0.167. The van der Waals surface area contributed by atoms with Crippen LogP contribution in [0.3, 0.4) is 0 Å². The van der Waals surface area contributed by atoms with E-state index in [0.29, 0.717) is 5.69 Å². The minimum absolute atomic E-state index is 0.239. The summed E-state index contributed by atoms with van der Waals surface area (Å²) in [6.45, 7) is -0.239. The van der Waals surface area contributed by atoms with Crippen molar-refractivity contribution in [1.29, 1.82) is 0 Å². The lowest BCUT2D eigenvalue weighted by Crippen LogP contribution is -2.43. The predicted molar refractivity (Wildman–Crippen MR) is 101 cm³/mol. The van der Waals surface area contributed by atoms with Crippen molar-refractivity contribution in [3.8, 4) is 0 Å². The SMILES string of the molecule is O=C(CN1N=N[C@@H]2C(=O)N(c3ccc(F)cc3)C(=O)[C@@H]21)Nc1ccc(Br)cc1. The van der Waals surface area contributed by atoms with Gasteiger partial charge in [-0.25, -0.2) is 9.29 Å². The number of benzene rings is 2. The minimum atomic E-state index is -1.02. The monoisotopic (exact) mass is 445 g/mol. The summed E-state index contributed by atoms with van der Waals surface area (Å²) in [5.41, 5.74) is 0.836. The lowest BCUT2D eigenvalue weighted by atomic mass is 10.1. The molecule has 2 atom stereocenters. The number of amides is 3. The number of anilines is 2. The van der Waals surface area contributed by atoms with Gasteiger partial charge in [0.05, 0.1) is 5.69 Å². The Kier molecular flexibility index (Phi) is 4.63. The summed E-state index contributed by atoms with van der Waals surface area (Å²) in [5, 5.41) is 11.6. The van der Waals surface area contributed by atoms with Crippen LogP contribution >= 0.6 is 15.9 Å². The molecule has 1 saturated heterocycles. The lowest BCUT2D eigenvalue weighted by Gasteiger charge is -2.20. The zero-order valence-electron chi connectivity index (χ0n) is 14.3. The van der Waals surface area contributed by atoms with Gasteiger partial charge < -0.3 is 5.32 Å². The molecular weight excluding hydrogens is 433 g/mol. The molecule has 2 aliphatic heterocycles. The van der Waals surface area contributed by atoms with E-state index in [4.69, 9.17) is 0 Å². The van der Waals surface area contributed by atoms with E-state index in [1.807, 2.05) is 0 Å². The van der Waals surface area contributed by atoms with Gasteiger partial charge in [-0.3, -0.25) is 19.4 Å². The zero-order chi connectivity index (χ0) is 19.8. The van der Waals surface area contributed by atoms with Crippen molar-refractivity contribution in [3.05, 3.63) is 58.8 Å². The van der Waals surface area contributed by atoms with Crippen molar-refractivity contribution < 1.29 is 18.8 Å². The second-order valence-corrected chi connectivity index (χ2v) is 7.15.